The van der Waals surface area contributed by atoms with E-state index in [2.05, 4.69) is 0 Å². The molecular weight excluding hydrogens is 282 g/mol. The number of halogens is 6. The van der Waals surface area contributed by atoms with Crippen LogP contribution in [0.3, 0.4) is 0 Å². The van der Waals surface area contributed by atoms with Crippen LogP contribution in [0.2, 0.25) is 0 Å². The molecule has 0 unspecified atom stereocenters. The average molecular weight is 310 g/mol. The molecule has 20 heavy (non-hydrogen) atoms. The van der Waals surface area contributed by atoms with Crippen molar-refractivity contribution < 1.29 is 34.6 Å². The van der Waals surface area contributed by atoms with E-state index in [9.17, 15) is 26.3 Å². The quantitative estimate of drug-likeness (QED) is 0.295. The van der Waals surface area contributed by atoms with Crippen LogP contribution in [0.15, 0.2) is 12.2 Å². The molecule has 0 atom stereocenters. The number of rotatable bonds is 7. The molecule has 0 bridgehead atoms. The molecule has 0 aliphatic carbocycles. The highest BCUT2D eigenvalue weighted by Gasteiger charge is 2.65. The van der Waals surface area contributed by atoms with Gasteiger partial charge in [-0.2, -0.15) is 26.3 Å². The maximum absolute atomic E-state index is 12.7. The summed E-state index contributed by atoms with van der Waals surface area (Å²) in [5, 5.41) is 0. The monoisotopic (exact) mass is 310 g/mol. The molecule has 0 saturated heterocycles. The third-order valence-electron chi connectivity index (χ3n) is 2.99. The second-order valence-electron chi connectivity index (χ2n) is 4.79. The van der Waals surface area contributed by atoms with Crippen LogP contribution in [0, 0.1) is 11.3 Å². The van der Waals surface area contributed by atoms with Crippen LogP contribution >= 0.6 is 0 Å². The van der Waals surface area contributed by atoms with Crippen LogP contribution in [0.5, 0.6) is 0 Å². The first kappa shape index (κ1) is 11.0. The molecule has 0 rings (SSSR count). The summed E-state index contributed by atoms with van der Waals surface area (Å²) >= 11 is 0. The Balaban J connectivity index is 4.57. The van der Waals surface area contributed by atoms with Crippen LogP contribution in [0.1, 0.15) is 61.0 Å². The summed E-state index contributed by atoms with van der Waals surface area (Å²) in [4.78, 5) is 0. The molecular formula is C14H22F6. The van der Waals surface area contributed by atoms with Gasteiger partial charge in [0.2, 0.25) is 0 Å². The lowest BCUT2D eigenvalue weighted by molar-refractivity contribution is -0.314. The van der Waals surface area contributed by atoms with Crippen molar-refractivity contribution in [2.45, 2.75) is 65.1 Å². The minimum Gasteiger partial charge on any atom is -0.170 e. The number of allylic oxidation sites excluding steroid dienone is 2. The van der Waals surface area contributed by atoms with Gasteiger partial charge in [0.25, 0.3) is 0 Å². The standard InChI is InChI=1S/C14H22F6/c1-11(2)9-7-5-4-6-8-10-12(3,13(15,16)17)14(18,19)20/h8,10-11H,4-7,9H2,1-3H3/i1D3,2D3. The molecule has 120 valence electrons. The molecule has 0 aliphatic rings. The molecule has 0 saturated carbocycles. The van der Waals surface area contributed by atoms with Gasteiger partial charge in [0, 0.05) is 8.22 Å². The summed E-state index contributed by atoms with van der Waals surface area (Å²) in [5.74, 6) is -1.51. The lowest BCUT2D eigenvalue weighted by Gasteiger charge is -2.31. The van der Waals surface area contributed by atoms with Gasteiger partial charge in [-0.3, -0.25) is 0 Å². The van der Waals surface area contributed by atoms with Crippen molar-refractivity contribution in [3.05, 3.63) is 12.2 Å². The molecule has 0 aromatic carbocycles. The van der Waals surface area contributed by atoms with E-state index in [0.717, 1.165) is 6.08 Å². The van der Waals surface area contributed by atoms with Crippen molar-refractivity contribution in [1.82, 2.24) is 0 Å². The van der Waals surface area contributed by atoms with Crippen molar-refractivity contribution in [1.29, 1.82) is 0 Å². The molecule has 0 radical (unpaired) electrons. The van der Waals surface area contributed by atoms with E-state index >= 15 is 0 Å². The molecule has 0 spiro atoms. The largest absolute Gasteiger partial charge is 0.406 e. The van der Waals surface area contributed by atoms with Crippen molar-refractivity contribution in [2.24, 2.45) is 11.3 Å². The topological polar surface area (TPSA) is 0 Å². The van der Waals surface area contributed by atoms with Gasteiger partial charge in [-0.15, -0.1) is 0 Å². The van der Waals surface area contributed by atoms with Gasteiger partial charge in [0.1, 0.15) is 0 Å². The fourth-order valence-corrected chi connectivity index (χ4v) is 1.46. The van der Waals surface area contributed by atoms with E-state index in [-0.39, 0.29) is 38.7 Å². The fourth-order valence-electron chi connectivity index (χ4n) is 1.46. The van der Waals surface area contributed by atoms with Gasteiger partial charge in [-0.25, -0.2) is 0 Å². The van der Waals surface area contributed by atoms with Gasteiger partial charge < -0.3 is 0 Å². The molecule has 0 aromatic heterocycles. The predicted octanol–water partition coefficient (Wildman–Crippen LogP) is 6.28. The first-order valence-corrected chi connectivity index (χ1v) is 6.15. The normalized spacial score (nSPS) is 20.2. The number of hydrogen-bond donors (Lipinski definition) is 0. The van der Waals surface area contributed by atoms with Crippen LogP contribution < -0.4 is 0 Å². The molecule has 0 amide bonds. The lowest BCUT2D eigenvalue weighted by atomic mass is 9.88. The molecule has 0 fully saturated rings. The Morgan fingerprint density at radius 2 is 1.50 bits per heavy atom. The van der Waals surface area contributed by atoms with Gasteiger partial charge in [-0.1, -0.05) is 45.1 Å². The summed E-state index contributed by atoms with van der Waals surface area (Å²) in [6.45, 7) is -5.26. The van der Waals surface area contributed by atoms with E-state index in [4.69, 9.17) is 8.22 Å². The van der Waals surface area contributed by atoms with Gasteiger partial charge >= 0.3 is 12.4 Å². The Labute approximate surface area is 124 Å². The Bertz CT molecular complexity index is 433. The number of hydrogen-bond acceptors (Lipinski definition) is 0. The van der Waals surface area contributed by atoms with Crippen LogP contribution in [-0.2, 0) is 0 Å². The first-order chi connectivity index (χ1) is 11.3. The number of alkyl halides is 6. The zero-order valence-corrected chi connectivity index (χ0v) is 11.0. The average Bonchev–Trinajstić information content (AvgIpc) is 2.35. The van der Waals surface area contributed by atoms with E-state index in [1.54, 1.807) is 0 Å². The molecule has 0 aliphatic heterocycles. The second kappa shape index (κ2) is 7.36. The predicted molar refractivity (Wildman–Crippen MR) is 67.3 cm³/mol. The van der Waals surface area contributed by atoms with E-state index in [0.29, 0.717) is 6.42 Å². The lowest BCUT2D eigenvalue weighted by Crippen LogP contribution is -2.46. The van der Waals surface area contributed by atoms with Crippen LogP contribution in [0.25, 0.3) is 0 Å². The summed E-state index contributed by atoms with van der Waals surface area (Å²) in [6.07, 6.45) is -9.55. The van der Waals surface area contributed by atoms with E-state index in [1.807, 2.05) is 0 Å². The minimum atomic E-state index is -5.48. The van der Waals surface area contributed by atoms with Gasteiger partial charge in [0.05, 0.1) is 0 Å². The maximum Gasteiger partial charge on any atom is 0.406 e. The van der Waals surface area contributed by atoms with Crippen molar-refractivity contribution in [3.63, 3.8) is 0 Å². The van der Waals surface area contributed by atoms with Gasteiger partial charge in [0.15, 0.2) is 5.41 Å². The SMILES string of the molecule is [2H]C([2H])([2H])C(CCCCCC=CC(C)(C(F)(F)F)C(F)(F)F)C([2H])([2H])[2H]. The molecule has 0 aromatic rings. The summed E-state index contributed by atoms with van der Waals surface area (Å²) in [5.41, 5.74) is -3.94. The van der Waals surface area contributed by atoms with Crippen LogP contribution in [-0.4, -0.2) is 12.4 Å². The minimum absolute atomic E-state index is 0.0563. The van der Waals surface area contributed by atoms with Gasteiger partial charge in [-0.05, 0) is 25.7 Å². The Hall–Kier alpha value is -0.680. The molecule has 0 N–H and O–H groups in total. The van der Waals surface area contributed by atoms with Crippen molar-refractivity contribution in [3.8, 4) is 0 Å². The summed E-state index contributed by atoms with van der Waals surface area (Å²) in [6, 6.07) is 0. The smallest absolute Gasteiger partial charge is 0.170 e. The van der Waals surface area contributed by atoms with Crippen LogP contribution in [0.4, 0.5) is 26.3 Å². The fraction of sp³-hybridized carbons (Fsp3) is 0.857. The molecule has 6 heteroatoms. The highest BCUT2D eigenvalue weighted by molar-refractivity contribution is 5.06. The Morgan fingerprint density at radius 1 is 0.950 bits per heavy atom. The summed E-state index contributed by atoms with van der Waals surface area (Å²) in [7, 11) is 0. The zero-order chi connectivity index (χ0) is 21.0. The number of unbranched alkanes of at least 4 members (excludes halogenated alkanes) is 3. The maximum atomic E-state index is 12.7. The highest BCUT2D eigenvalue weighted by Crippen LogP contribution is 2.51. The second-order valence-corrected chi connectivity index (χ2v) is 4.79. The zero-order valence-electron chi connectivity index (χ0n) is 17.0. The molecule has 0 nitrogen and oxygen atoms in total. The third kappa shape index (κ3) is 5.75. The highest BCUT2D eigenvalue weighted by atomic mass is 19.4. The summed E-state index contributed by atoms with van der Waals surface area (Å²) < 4.78 is 119. The van der Waals surface area contributed by atoms with E-state index < -0.39 is 37.4 Å². The molecule has 0 heterocycles. The van der Waals surface area contributed by atoms with E-state index in [1.165, 1.54) is 0 Å². The third-order valence-corrected chi connectivity index (χ3v) is 2.99. The van der Waals surface area contributed by atoms with Crippen molar-refractivity contribution in [2.75, 3.05) is 0 Å². The Morgan fingerprint density at radius 3 is 1.95 bits per heavy atom. The first-order valence-electron chi connectivity index (χ1n) is 9.15. The Kier molecular flexibility index (Phi) is 4.04. The van der Waals surface area contributed by atoms with Crippen molar-refractivity contribution >= 4 is 0 Å².